The summed E-state index contributed by atoms with van der Waals surface area (Å²) in [7, 11) is 0. The van der Waals surface area contributed by atoms with Gasteiger partial charge in [-0.15, -0.1) is 0 Å². The number of rotatable bonds is 2. The minimum atomic E-state index is 0.795. The molecule has 1 aromatic carbocycles. The van der Waals surface area contributed by atoms with E-state index in [0.717, 1.165) is 35.9 Å². The third-order valence-corrected chi connectivity index (χ3v) is 4.20. The van der Waals surface area contributed by atoms with Crippen molar-refractivity contribution in [3.8, 4) is 0 Å². The minimum absolute atomic E-state index is 0.795. The van der Waals surface area contributed by atoms with E-state index in [2.05, 4.69) is 4.90 Å². The number of nitrogens with zero attached hydrogens (tertiary/aromatic N) is 1. The average Bonchev–Trinajstić information content (AvgIpc) is 2.52. The monoisotopic (exact) mass is 256 g/mol. The van der Waals surface area contributed by atoms with Crippen molar-refractivity contribution in [2.45, 2.75) is 13.0 Å². The molecular weight excluding hydrogens is 240 g/mol. The Morgan fingerprint density at radius 2 is 2.19 bits per heavy atom. The molecule has 0 unspecified atom stereocenters. The van der Waals surface area contributed by atoms with Crippen LogP contribution >= 0.6 is 23.4 Å². The molecule has 0 bridgehead atoms. The third-order valence-electron chi connectivity index (χ3n) is 2.78. The summed E-state index contributed by atoms with van der Waals surface area (Å²) in [6.07, 6.45) is 1.27. The molecule has 0 amide bonds. The van der Waals surface area contributed by atoms with E-state index in [4.69, 9.17) is 17.3 Å². The van der Waals surface area contributed by atoms with E-state index in [9.17, 15) is 0 Å². The van der Waals surface area contributed by atoms with E-state index in [-0.39, 0.29) is 0 Å². The van der Waals surface area contributed by atoms with Crippen LogP contribution in [0.15, 0.2) is 18.2 Å². The average molecular weight is 257 g/mol. The van der Waals surface area contributed by atoms with Crippen molar-refractivity contribution < 1.29 is 0 Å². The number of thioether (sulfide) groups is 1. The summed E-state index contributed by atoms with van der Waals surface area (Å²) in [5, 5.41) is 0.825. The van der Waals surface area contributed by atoms with E-state index in [1.807, 2.05) is 30.0 Å². The van der Waals surface area contributed by atoms with Crippen LogP contribution in [0.4, 0.5) is 5.69 Å². The lowest BCUT2D eigenvalue weighted by Crippen LogP contribution is -2.25. The molecule has 1 aliphatic heterocycles. The predicted octanol–water partition coefficient (Wildman–Crippen LogP) is 2.86. The number of nitrogen functional groups attached to an aromatic ring is 1. The maximum absolute atomic E-state index is 6.17. The maximum atomic E-state index is 6.17. The first-order valence-corrected chi connectivity index (χ1v) is 7.13. The normalized spacial score (nSPS) is 18.3. The van der Waals surface area contributed by atoms with E-state index in [1.54, 1.807) is 0 Å². The SMILES string of the molecule is Nc1ccc(Cl)c(CN2CCCSCC2)c1. The topological polar surface area (TPSA) is 29.3 Å². The van der Waals surface area contributed by atoms with Crippen molar-refractivity contribution >= 4 is 29.1 Å². The van der Waals surface area contributed by atoms with Gasteiger partial charge in [0.1, 0.15) is 0 Å². The van der Waals surface area contributed by atoms with Crippen LogP contribution in [-0.2, 0) is 6.54 Å². The molecule has 0 spiro atoms. The molecule has 4 heteroatoms. The molecule has 0 atom stereocenters. The Hall–Kier alpha value is -0.380. The standard InChI is InChI=1S/C12H17ClN2S/c13-12-3-2-11(14)8-10(12)9-15-4-1-6-16-7-5-15/h2-3,8H,1,4-7,9,14H2. The number of halogens is 1. The highest BCUT2D eigenvalue weighted by Crippen LogP contribution is 2.21. The van der Waals surface area contributed by atoms with Gasteiger partial charge in [-0.3, -0.25) is 4.90 Å². The summed E-state index contributed by atoms with van der Waals surface area (Å²) in [4.78, 5) is 2.46. The van der Waals surface area contributed by atoms with Crippen LogP contribution in [0.2, 0.25) is 5.02 Å². The number of benzene rings is 1. The second-order valence-electron chi connectivity index (χ2n) is 4.09. The van der Waals surface area contributed by atoms with Crippen molar-refractivity contribution in [3.05, 3.63) is 28.8 Å². The summed E-state index contributed by atoms with van der Waals surface area (Å²) in [6, 6.07) is 5.73. The lowest BCUT2D eigenvalue weighted by Gasteiger charge is -2.20. The summed E-state index contributed by atoms with van der Waals surface area (Å²) in [6.45, 7) is 3.23. The summed E-state index contributed by atoms with van der Waals surface area (Å²) in [5.41, 5.74) is 7.72. The van der Waals surface area contributed by atoms with E-state index < -0.39 is 0 Å². The summed E-state index contributed by atoms with van der Waals surface area (Å²) in [5.74, 6) is 2.50. The number of hydrogen-bond acceptors (Lipinski definition) is 3. The van der Waals surface area contributed by atoms with Gasteiger partial charge in [0, 0.05) is 29.6 Å². The zero-order valence-corrected chi connectivity index (χ0v) is 10.9. The molecule has 1 heterocycles. The third kappa shape index (κ3) is 3.30. The Labute approximate surface area is 106 Å². The molecule has 2 nitrogen and oxygen atoms in total. The Balaban J connectivity index is 2.04. The van der Waals surface area contributed by atoms with E-state index in [1.165, 1.54) is 17.9 Å². The van der Waals surface area contributed by atoms with Crippen molar-refractivity contribution in [2.75, 3.05) is 30.3 Å². The molecule has 88 valence electrons. The van der Waals surface area contributed by atoms with Gasteiger partial charge >= 0.3 is 0 Å². The zero-order valence-electron chi connectivity index (χ0n) is 9.29. The quantitative estimate of drug-likeness (QED) is 0.825. The van der Waals surface area contributed by atoms with Gasteiger partial charge in [0.15, 0.2) is 0 Å². The molecule has 1 aromatic rings. The molecule has 1 aliphatic rings. The predicted molar refractivity (Wildman–Crippen MR) is 73.1 cm³/mol. The van der Waals surface area contributed by atoms with Gasteiger partial charge in [-0.1, -0.05) is 11.6 Å². The first-order chi connectivity index (χ1) is 7.75. The first kappa shape index (κ1) is 12.1. The van der Waals surface area contributed by atoms with E-state index >= 15 is 0 Å². The smallest absolute Gasteiger partial charge is 0.0452 e. The van der Waals surface area contributed by atoms with Gasteiger partial charge in [0.05, 0.1) is 0 Å². The Morgan fingerprint density at radius 3 is 3.06 bits per heavy atom. The molecule has 1 fully saturated rings. The largest absolute Gasteiger partial charge is 0.399 e. The zero-order chi connectivity index (χ0) is 11.4. The Kier molecular flexibility index (Phi) is 4.38. The van der Waals surface area contributed by atoms with Crippen molar-refractivity contribution in [1.29, 1.82) is 0 Å². The second kappa shape index (κ2) is 5.80. The van der Waals surface area contributed by atoms with Crippen LogP contribution in [0.3, 0.4) is 0 Å². The van der Waals surface area contributed by atoms with Crippen LogP contribution < -0.4 is 5.73 Å². The fourth-order valence-electron chi connectivity index (χ4n) is 1.91. The lowest BCUT2D eigenvalue weighted by molar-refractivity contribution is 0.287. The molecule has 1 saturated heterocycles. The van der Waals surface area contributed by atoms with E-state index in [0.29, 0.717) is 0 Å². The molecule has 0 radical (unpaired) electrons. The van der Waals surface area contributed by atoms with Gasteiger partial charge in [-0.2, -0.15) is 11.8 Å². The Bertz CT molecular complexity index is 349. The van der Waals surface area contributed by atoms with Crippen LogP contribution in [0, 0.1) is 0 Å². The number of nitrogens with two attached hydrogens (primary N) is 1. The molecule has 0 aliphatic carbocycles. The summed E-state index contributed by atoms with van der Waals surface area (Å²) >= 11 is 8.21. The van der Waals surface area contributed by atoms with Gasteiger partial charge in [-0.05, 0) is 42.5 Å². The molecule has 0 saturated carbocycles. The molecule has 0 aromatic heterocycles. The Morgan fingerprint density at radius 1 is 1.31 bits per heavy atom. The van der Waals surface area contributed by atoms with Gasteiger partial charge in [0.2, 0.25) is 0 Å². The minimum Gasteiger partial charge on any atom is -0.399 e. The van der Waals surface area contributed by atoms with Crippen molar-refractivity contribution in [1.82, 2.24) is 4.90 Å². The molecule has 2 N–H and O–H groups in total. The second-order valence-corrected chi connectivity index (χ2v) is 5.72. The van der Waals surface area contributed by atoms with Gasteiger partial charge < -0.3 is 5.73 Å². The van der Waals surface area contributed by atoms with Crippen LogP contribution in [0.1, 0.15) is 12.0 Å². The maximum Gasteiger partial charge on any atom is 0.0452 e. The first-order valence-electron chi connectivity index (χ1n) is 5.60. The number of hydrogen-bond donors (Lipinski definition) is 1. The summed E-state index contributed by atoms with van der Waals surface area (Å²) < 4.78 is 0. The number of anilines is 1. The lowest BCUT2D eigenvalue weighted by atomic mass is 10.2. The fraction of sp³-hybridized carbons (Fsp3) is 0.500. The van der Waals surface area contributed by atoms with Gasteiger partial charge in [0.25, 0.3) is 0 Å². The van der Waals surface area contributed by atoms with Crippen molar-refractivity contribution in [2.24, 2.45) is 0 Å². The van der Waals surface area contributed by atoms with Crippen LogP contribution in [0.5, 0.6) is 0 Å². The van der Waals surface area contributed by atoms with Crippen LogP contribution in [-0.4, -0.2) is 29.5 Å². The van der Waals surface area contributed by atoms with Gasteiger partial charge in [-0.25, -0.2) is 0 Å². The van der Waals surface area contributed by atoms with Crippen molar-refractivity contribution in [3.63, 3.8) is 0 Å². The molecule has 16 heavy (non-hydrogen) atoms. The molecule has 2 rings (SSSR count). The highest BCUT2D eigenvalue weighted by atomic mass is 35.5. The highest BCUT2D eigenvalue weighted by molar-refractivity contribution is 7.99. The fourth-order valence-corrected chi connectivity index (χ4v) is 3.01. The van der Waals surface area contributed by atoms with Crippen LogP contribution in [0.25, 0.3) is 0 Å². The molecular formula is C12H17ClN2S. The highest BCUT2D eigenvalue weighted by Gasteiger charge is 2.11.